The maximum atomic E-state index is 13.5. The van der Waals surface area contributed by atoms with Gasteiger partial charge >= 0.3 is 0 Å². The summed E-state index contributed by atoms with van der Waals surface area (Å²) in [6.45, 7) is 2.35. The molecule has 3 atom stereocenters. The third-order valence-electron chi connectivity index (χ3n) is 7.26. The standard InChI is InChI=1S/C28H30F2N2O2S/c1-32(14-8-16-35(34)26-18-24(29)17-25(30)19-26)15-13-23(20-32)28(27(31)33,21-9-4-2-5-10-21)22-11-6-3-7-12-22/h2-7,9-12,17-19,23H,8,13-16,20H2,1H3,(H-,31,33)/p+1/t23?,32?,35-/m0/s1. The first-order chi connectivity index (χ1) is 16.7. The summed E-state index contributed by atoms with van der Waals surface area (Å²) in [7, 11) is 0.666. The average molecular weight is 498 g/mol. The van der Waals surface area contributed by atoms with Gasteiger partial charge in [-0.25, -0.2) is 8.78 Å². The van der Waals surface area contributed by atoms with Crippen molar-refractivity contribution >= 4 is 16.7 Å². The van der Waals surface area contributed by atoms with Gasteiger partial charge in [0.25, 0.3) is 0 Å². The van der Waals surface area contributed by atoms with Crippen molar-refractivity contribution in [3.63, 3.8) is 0 Å². The van der Waals surface area contributed by atoms with Crippen LogP contribution in [-0.4, -0.2) is 47.0 Å². The Kier molecular flexibility index (Phi) is 7.47. The van der Waals surface area contributed by atoms with Crippen molar-refractivity contribution in [3.05, 3.63) is 102 Å². The average Bonchev–Trinajstić information content (AvgIpc) is 3.22. The Morgan fingerprint density at radius 1 is 1.00 bits per heavy atom. The second-order valence-corrected chi connectivity index (χ2v) is 11.2. The Hall–Kier alpha value is -2.90. The third-order valence-corrected chi connectivity index (χ3v) is 8.69. The molecular weight excluding hydrogens is 466 g/mol. The summed E-state index contributed by atoms with van der Waals surface area (Å²) in [5, 5.41) is 0. The predicted molar refractivity (Wildman–Crippen MR) is 134 cm³/mol. The van der Waals surface area contributed by atoms with Crippen molar-refractivity contribution in [2.24, 2.45) is 11.7 Å². The molecule has 184 valence electrons. The molecule has 0 spiro atoms. The van der Waals surface area contributed by atoms with E-state index in [9.17, 15) is 17.8 Å². The van der Waals surface area contributed by atoms with Crippen molar-refractivity contribution in [2.45, 2.75) is 23.2 Å². The molecule has 0 aliphatic carbocycles. The molecule has 1 aliphatic rings. The summed E-state index contributed by atoms with van der Waals surface area (Å²) >= 11 is 0. The summed E-state index contributed by atoms with van der Waals surface area (Å²) in [6, 6.07) is 22.5. The van der Waals surface area contributed by atoms with Gasteiger partial charge in [0.2, 0.25) is 5.91 Å². The second kappa shape index (κ2) is 10.4. The summed E-state index contributed by atoms with van der Waals surface area (Å²) < 4.78 is 40.3. The van der Waals surface area contributed by atoms with Gasteiger partial charge < -0.3 is 10.2 Å². The number of amides is 1. The van der Waals surface area contributed by atoms with Crippen LogP contribution in [0.15, 0.2) is 83.8 Å². The number of halogens is 2. The zero-order valence-corrected chi connectivity index (χ0v) is 20.6. The van der Waals surface area contributed by atoms with E-state index in [2.05, 4.69) is 7.05 Å². The Balaban J connectivity index is 1.53. The lowest BCUT2D eigenvalue weighted by atomic mass is 9.64. The minimum Gasteiger partial charge on any atom is -0.369 e. The van der Waals surface area contributed by atoms with Crippen LogP contribution in [0.5, 0.6) is 0 Å². The number of primary amides is 1. The first-order valence-electron chi connectivity index (χ1n) is 11.8. The van der Waals surface area contributed by atoms with Crippen LogP contribution in [0.25, 0.3) is 0 Å². The molecule has 7 heteroatoms. The lowest BCUT2D eigenvalue weighted by Gasteiger charge is -2.38. The van der Waals surface area contributed by atoms with Crippen molar-refractivity contribution in [3.8, 4) is 0 Å². The molecule has 2 unspecified atom stereocenters. The van der Waals surface area contributed by atoms with Crippen LogP contribution in [0.3, 0.4) is 0 Å². The molecule has 0 bridgehead atoms. The fraction of sp³-hybridized carbons (Fsp3) is 0.321. The predicted octanol–water partition coefficient (Wildman–Crippen LogP) is 4.40. The largest absolute Gasteiger partial charge is 0.369 e. The number of hydrogen-bond acceptors (Lipinski definition) is 2. The van der Waals surface area contributed by atoms with E-state index in [1.807, 2.05) is 60.7 Å². The number of carbonyl (C=O) groups is 1. The number of nitrogens with two attached hydrogens (primary N) is 1. The number of hydrogen-bond donors (Lipinski definition) is 1. The van der Waals surface area contributed by atoms with Crippen molar-refractivity contribution < 1.29 is 22.3 Å². The van der Waals surface area contributed by atoms with Crippen LogP contribution < -0.4 is 5.73 Å². The number of nitrogens with zero attached hydrogens (tertiary/aromatic N) is 1. The Labute approximate surface area is 207 Å². The van der Waals surface area contributed by atoms with Crippen LogP contribution in [0.4, 0.5) is 8.78 Å². The normalized spacial score (nSPS) is 21.1. The molecular formula is C28H31F2N2O2S+. The zero-order valence-electron chi connectivity index (χ0n) is 19.8. The molecule has 2 N–H and O–H groups in total. The lowest BCUT2D eigenvalue weighted by Crippen LogP contribution is -2.51. The maximum Gasteiger partial charge on any atom is 0.233 e. The highest BCUT2D eigenvalue weighted by Gasteiger charge is 2.53. The molecule has 4 rings (SSSR count). The monoisotopic (exact) mass is 497 g/mol. The molecule has 3 aromatic carbocycles. The molecule has 0 aromatic heterocycles. The van der Waals surface area contributed by atoms with E-state index < -0.39 is 27.8 Å². The van der Waals surface area contributed by atoms with Gasteiger partial charge in [-0.3, -0.25) is 9.00 Å². The van der Waals surface area contributed by atoms with E-state index in [1.165, 1.54) is 0 Å². The van der Waals surface area contributed by atoms with E-state index in [0.717, 1.165) is 55.4 Å². The first-order valence-corrected chi connectivity index (χ1v) is 13.2. The van der Waals surface area contributed by atoms with E-state index in [0.29, 0.717) is 16.7 Å². The van der Waals surface area contributed by atoms with Crippen molar-refractivity contribution in [2.75, 3.05) is 32.4 Å². The topological polar surface area (TPSA) is 60.2 Å². The minimum atomic E-state index is -1.48. The molecule has 3 aromatic rings. The van der Waals surface area contributed by atoms with Gasteiger partial charge in [0.05, 0.1) is 37.5 Å². The van der Waals surface area contributed by atoms with Gasteiger partial charge in [-0.2, -0.15) is 0 Å². The molecule has 35 heavy (non-hydrogen) atoms. The van der Waals surface area contributed by atoms with Gasteiger partial charge in [-0.1, -0.05) is 60.7 Å². The van der Waals surface area contributed by atoms with Gasteiger partial charge in [-0.15, -0.1) is 0 Å². The van der Waals surface area contributed by atoms with E-state index in [4.69, 9.17) is 5.73 Å². The zero-order chi connectivity index (χ0) is 25.1. The number of rotatable bonds is 9. The van der Waals surface area contributed by atoms with Gasteiger partial charge in [0.1, 0.15) is 17.0 Å². The highest BCUT2D eigenvalue weighted by Crippen LogP contribution is 2.45. The summed E-state index contributed by atoms with van der Waals surface area (Å²) in [5.74, 6) is -1.49. The van der Waals surface area contributed by atoms with E-state index >= 15 is 0 Å². The van der Waals surface area contributed by atoms with Gasteiger partial charge in [0.15, 0.2) is 0 Å². The van der Waals surface area contributed by atoms with Crippen molar-refractivity contribution in [1.82, 2.24) is 0 Å². The van der Waals surface area contributed by atoms with Gasteiger partial charge in [-0.05, 0) is 23.3 Å². The molecule has 0 saturated carbocycles. The number of benzene rings is 3. The van der Waals surface area contributed by atoms with Crippen molar-refractivity contribution in [1.29, 1.82) is 0 Å². The number of carbonyl (C=O) groups excluding carboxylic acids is 1. The Morgan fingerprint density at radius 3 is 2.06 bits per heavy atom. The summed E-state index contributed by atoms with van der Waals surface area (Å²) in [5.41, 5.74) is 7.03. The first kappa shape index (κ1) is 25.2. The molecule has 1 aliphatic heterocycles. The SMILES string of the molecule is C[N+]1(CCC[S@](=O)c2cc(F)cc(F)c2)CCC(C(C(N)=O)(c2ccccc2)c2ccccc2)C1. The fourth-order valence-corrected chi connectivity index (χ4v) is 6.73. The number of quaternary nitrogens is 1. The smallest absolute Gasteiger partial charge is 0.233 e. The fourth-order valence-electron chi connectivity index (χ4n) is 5.62. The molecule has 0 radical (unpaired) electrons. The minimum absolute atomic E-state index is 0.00221. The van der Waals surface area contributed by atoms with Crippen LogP contribution in [0.2, 0.25) is 0 Å². The highest BCUT2D eigenvalue weighted by molar-refractivity contribution is 7.85. The molecule has 4 nitrogen and oxygen atoms in total. The Bertz CT molecular complexity index is 1150. The van der Waals surface area contributed by atoms with Gasteiger partial charge in [0, 0.05) is 35.5 Å². The lowest BCUT2D eigenvalue weighted by molar-refractivity contribution is -0.899. The number of likely N-dealkylation sites (tertiary alicyclic amines) is 1. The third kappa shape index (κ3) is 5.21. The molecule has 1 heterocycles. The molecule has 1 amide bonds. The molecule has 1 saturated heterocycles. The summed E-state index contributed by atoms with van der Waals surface area (Å²) in [6.07, 6.45) is 1.45. The van der Waals surface area contributed by atoms with Crippen LogP contribution >= 0.6 is 0 Å². The maximum absolute atomic E-state index is 13.5. The van der Waals surface area contributed by atoms with Crippen LogP contribution in [0, 0.1) is 17.6 Å². The quantitative estimate of drug-likeness (QED) is 0.446. The van der Waals surface area contributed by atoms with E-state index in [-0.39, 0.29) is 16.7 Å². The van der Waals surface area contributed by atoms with Crippen LogP contribution in [0.1, 0.15) is 24.0 Å². The molecule has 1 fully saturated rings. The summed E-state index contributed by atoms with van der Waals surface area (Å²) in [4.78, 5) is 13.4. The van der Waals surface area contributed by atoms with Crippen LogP contribution in [-0.2, 0) is 21.0 Å². The Morgan fingerprint density at radius 2 is 1.54 bits per heavy atom. The second-order valence-electron chi connectivity index (χ2n) is 9.65. The van der Waals surface area contributed by atoms with E-state index in [1.54, 1.807) is 0 Å². The highest BCUT2D eigenvalue weighted by atomic mass is 32.2.